The number of hydrogen-bond acceptors (Lipinski definition) is 4. The number of hydrogen-bond donors (Lipinski definition) is 0. The molecule has 1 aromatic carbocycles. The highest BCUT2D eigenvalue weighted by molar-refractivity contribution is 6.10. The van der Waals surface area contributed by atoms with Crippen LogP contribution in [0.15, 0.2) is 71.4 Å². The molecular weight excluding hydrogens is 286 g/mol. The fourth-order valence-electron chi connectivity index (χ4n) is 2.95. The second kappa shape index (κ2) is 4.61. The van der Waals surface area contributed by atoms with Crippen LogP contribution in [0.3, 0.4) is 0 Å². The van der Waals surface area contributed by atoms with E-state index in [4.69, 9.17) is 9.40 Å². The van der Waals surface area contributed by atoms with Gasteiger partial charge in [-0.3, -0.25) is 4.98 Å². The molecule has 0 aliphatic heterocycles. The molecule has 5 aromatic rings. The van der Waals surface area contributed by atoms with Gasteiger partial charge in [-0.25, -0.2) is 9.97 Å². The highest BCUT2D eigenvalue weighted by Crippen LogP contribution is 2.33. The van der Waals surface area contributed by atoms with E-state index in [1.54, 1.807) is 12.4 Å². The van der Waals surface area contributed by atoms with Crippen LogP contribution in [-0.4, -0.2) is 15.0 Å². The highest BCUT2D eigenvalue weighted by atomic mass is 16.3. The molecule has 4 aromatic heterocycles. The van der Waals surface area contributed by atoms with Crippen molar-refractivity contribution in [3.63, 3.8) is 0 Å². The van der Waals surface area contributed by atoms with Crippen molar-refractivity contribution in [2.45, 2.75) is 0 Å². The van der Waals surface area contributed by atoms with Crippen molar-refractivity contribution in [1.82, 2.24) is 15.0 Å². The molecule has 4 heterocycles. The van der Waals surface area contributed by atoms with Crippen molar-refractivity contribution < 1.29 is 4.42 Å². The van der Waals surface area contributed by atoms with E-state index in [0.717, 1.165) is 38.6 Å². The number of para-hydroxylation sites is 1. The summed E-state index contributed by atoms with van der Waals surface area (Å²) in [6.07, 6.45) is 3.48. The quantitative estimate of drug-likeness (QED) is 0.454. The van der Waals surface area contributed by atoms with Gasteiger partial charge in [-0.05, 0) is 30.3 Å². The molecule has 4 nitrogen and oxygen atoms in total. The molecule has 23 heavy (non-hydrogen) atoms. The lowest BCUT2D eigenvalue weighted by Crippen LogP contribution is -1.89. The minimum absolute atomic E-state index is 0.623. The summed E-state index contributed by atoms with van der Waals surface area (Å²) in [4.78, 5) is 13.6. The van der Waals surface area contributed by atoms with Crippen molar-refractivity contribution in [2.75, 3.05) is 0 Å². The van der Waals surface area contributed by atoms with Crippen LogP contribution >= 0.6 is 0 Å². The molecular formula is C19H11N3O. The van der Waals surface area contributed by atoms with E-state index in [-0.39, 0.29) is 0 Å². The number of pyridine rings is 3. The number of fused-ring (bicyclic) bond motifs is 4. The second-order valence-corrected chi connectivity index (χ2v) is 5.38. The lowest BCUT2D eigenvalue weighted by molar-refractivity contribution is 0.654. The SMILES string of the molecule is c1ccc2nc(-c3nccc4oc5ncccc5c34)ccc2c1. The molecule has 0 saturated carbocycles. The Morgan fingerprint density at radius 2 is 1.74 bits per heavy atom. The van der Waals surface area contributed by atoms with E-state index in [1.165, 1.54) is 0 Å². The smallest absolute Gasteiger partial charge is 0.227 e. The van der Waals surface area contributed by atoms with Gasteiger partial charge in [-0.15, -0.1) is 0 Å². The fraction of sp³-hybridized carbons (Fsp3) is 0. The molecule has 0 amide bonds. The topological polar surface area (TPSA) is 51.8 Å². The highest BCUT2D eigenvalue weighted by Gasteiger charge is 2.14. The lowest BCUT2D eigenvalue weighted by atomic mass is 10.1. The van der Waals surface area contributed by atoms with Gasteiger partial charge in [0.25, 0.3) is 0 Å². The van der Waals surface area contributed by atoms with Gasteiger partial charge < -0.3 is 4.42 Å². The third-order valence-electron chi connectivity index (χ3n) is 4.00. The zero-order valence-corrected chi connectivity index (χ0v) is 12.1. The van der Waals surface area contributed by atoms with Crippen LogP contribution in [0.1, 0.15) is 0 Å². The molecule has 4 heteroatoms. The third kappa shape index (κ3) is 1.82. The average Bonchev–Trinajstić information content (AvgIpc) is 3.00. The number of furan rings is 1. The number of benzene rings is 1. The van der Waals surface area contributed by atoms with Crippen molar-refractivity contribution in [3.05, 3.63) is 67.0 Å². The Kier molecular flexibility index (Phi) is 2.46. The third-order valence-corrected chi connectivity index (χ3v) is 4.00. The Morgan fingerprint density at radius 3 is 2.74 bits per heavy atom. The van der Waals surface area contributed by atoms with E-state index < -0.39 is 0 Å². The molecule has 0 N–H and O–H groups in total. The summed E-state index contributed by atoms with van der Waals surface area (Å²) in [6, 6.07) is 17.9. The summed E-state index contributed by atoms with van der Waals surface area (Å²) in [5.41, 5.74) is 4.01. The number of nitrogens with zero attached hydrogens (tertiary/aromatic N) is 3. The van der Waals surface area contributed by atoms with Crippen molar-refractivity contribution in [2.24, 2.45) is 0 Å². The van der Waals surface area contributed by atoms with Gasteiger partial charge in [0.15, 0.2) is 0 Å². The lowest BCUT2D eigenvalue weighted by Gasteiger charge is -2.04. The standard InChI is InChI=1S/C19H11N3O/c1-2-6-14-12(4-1)7-8-15(22-14)18-17-13-5-3-10-21-19(13)23-16(17)9-11-20-18/h1-11H. The first-order valence-corrected chi connectivity index (χ1v) is 7.38. The number of rotatable bonds is 1. The molecule has 0 fully saturated rings. The molecule has 0 spiro atoms. The first-order chi connectivity index (χ1) is 11.4. The minimum Gasteiger partial charge on any atom is -0.438 e. The Morgan fingerprint density at radius 1 is 0.783 bits per heavy atom. The first kappa shape index (κ1) is 12.3. The molecule has 0 aliphatic rings. The summed E-state index contributed by atoms with van der Waals surface area (Å²) in [7, 11) is 0. The van der Waals surface area contributed by atoms with E-state index in [9.17, 15) is 0 Å². The maximum atomic E-state index is 5.82. The predicted molar refractivity (Wildman–Crippen MR) is 90.0 cm³/mol. The molecule has 0 radical (unpaired) electrons. The predicted octanol–water partition coefficient (Wildman–Crippen LogP) is 4.59. The van der Waals surface area contributed by atoms with E-state index >= 15 is 0 Å². The van der Waals surface area contributed by atoms with Crippen molar-refractivity contribution in [3.8, 4) is 11.4 Å². The first-order valence-electron chi connectivity index (χ1n) is 7.38. The minimum atomic E-state index is 0.623. The van der Waals surface area contributed by atoms with Gasteiger partial charge in [-0.1, -0.05) is 24.3 Å². The van der Waals surface area contributed by atoms with Gasteiger partial charge in [0.2, 0.25) is 5.71 Å². The molecule has 0 saturated heterocycles. The normalized spacial score (nSPS) is 11.5. The molecule has 5 rings (SSSR count). The maximum Gasteiger partial charge on any atom is 0.227 e. The largest absolute Gasteiger partial charge is 0.438 e. The number of aromatic nitrogens is 3. The summed E-state index contributed by atoms with van der Waals surface area (Å²) in [5, 5.41) is 3.03. The van der Waals surface area contributed by atoms with Crippen molar-refractivity contribution in [1.29, 1.82) is 0 Å². The second-order valence-electron chi connectivity index (χ2n) is 5.38. The molecule has 0 aliphatic carbocycles. The zero-order chi connectivity index (χ0) is 15.2. The molecule has 0 bridgehead atoms. The van der Waals surface area contributed by atoms with Gasteiger partial charge in [-0.2, -0.15) is 0 Å². The average molecular weight is 297 g/mol. The summed E-state index contributed by atoms with van der Waals surface area (Å²) in [5.74, 6) is 0. The Balaban J connectivity index is 1.87. The maximum absolute atomic E-state index is 5.82. The van der Waals surface area contributed by atoms with E-state index in [2.05, 4.69) is 22.1 Å². The van der Waals surface area contributed by atoms with Crippen LogP contribution in [0, 0.1) is 0 Å². The Bertz CT molecular complexity index is 1180. The van der Waals surface area contributed by atoms with E-state index in [0.29, 0.717) is 5.71 Å². The monoisotopic (exact) mass is 297 g/mol. The molecule has 0 atom stereocenters. The van der Waals surface area contributed by atoms with Crippen molar-refractivity contribution >= 4 is 33.0 Å². The van der Waals surface area contributed by atoms with Crippen LogP contribution in [0.2, 0.25) is 0 Å². The zero-order valence-electron chi connectivity index (χ0n) is 12.1. The Labute approximate surface area is 131 Å². The van der Waals surface area contributed by atoms with Gasteiger partial charge in [0.1, 0.15) is 11.3 Å². The van der Waals surface area contributed by atoms with Crippen LogP contribution in [0.25, 0.3) is 44.4 Å². The van der Waals surface area contributed by atoms with Crippen LogP contribution < -0.4 is 0 Å². The van der Waals surface area contributed by atoms with Gasteiger partial charge in [0.05, 0.1) is 22.0 Å². The van der Waals surface area contributed by atoms with Crippen LogP contribution in [0.5, 0.6) is 0 Å². The van der Waals surface area contributed by atoms with Crippen LogP contribution in [0.4, 0.5) is 0 Å². The Hall–Kier alpha value is -3.27. The van der Waals surface area contributed by atoms with E-state index in [1.807, 2.05) is 42.5 Å². The summed E-state index contributed by atoms with van der Waals surface area (Å²) >= 11 is 0. The fourth-order valence-corrected chi connectivity index (χ4v) is 2.95. The van der Waals surface area contributed by atoms with Gasteiger partial charge >= 0.3 is 0 Å². The van der Waals surface area contributed by atoms with Crippen LogP contribution in [-0.2, 0) is 0 Å². The molecule has 108 valence electrons. The summed E-state index contributed by atoms with van der Waals surface area (Å²) in [6.45, 7) is 0. The molecule has 0 unspecified atom stereocenters. The summed E-state index contributed by atoms with van der Waals surface area (Å²) < 4.78 is 5.82. The van der Waals surface area contributed by atoms with Gasteiger partial charge in [0, 0.05) is 17.8 Å².